The number of nitrogens with one attached hydrogen (secondary N) is 1. The first-order chi connectivity index (χ1) is 15.5. The van der Waals surface area contributed by atoms with Gasteiger partial charge in [0.25, 0.3) is 0 Å². The van der Waals surface area contributed by atoms with E-state index in [1.54, 1.807) is 12.3 Å². The number of carbonyl (C=O) groups excluding carboxylic acids is 1. The largest absolute Gasteiger partial charge is 0.389 e. The molecule has 7 nitrogen and oxygen atoms in total. The van der Waals surface area contributed by atoms with Crippen LogP contribution in [0.15, 0.2) is 54.7 Å². The van der Waals surface area contributed by atoms with Crippen molar-refractivity contribution in [2.75, 3.05) is 49.5 Å². The number of amides is 1. The van der Waals surface area contributed by atoms with E-state index >= 15 is 0 Å². The third kappa shape index (κ3) is 8.07. The van der Waals surface area contributed by atoms with Gasteiger partial charge in [0.05, 0.1) is 30.7 Å². The molecule has 1 aromatic carbocycles. The first-order valence-electron chi connectivity index (χ1n) is 11.3. The molecule has 0 unspecified atom stereocenters. The number of aliphatic hydroxyl groups excluding tert-OH is 1. The number of anilines is 2. The Balaban J connectivity index is 1.47. The highest BCUT2D eigenvalue weighted by molar-refractivity contribution is 6.01. The van der Waals surface area contributed by atoms with Gasteiger partial charge in [0.15, 0.2) is 0 Å². The molecule has 0 spiro atoms. The molecule has 0 saturated carbocycles. The summed E-state index contributed by atoms with van der Waals surface area (Å²) in [6.45, 7) is 8.50. The molecule has 0 radical (unpaired) electrons. The zero-order valence-electron chi connectivity index (χ0n) is 19.0. The maximum absolute atomic E-state index is 12.2. The average Bonchev–Trinajstić information content (AvgIpc) is 3.03. The summed E-state index contributed by atoms with van der Waals surface area (Å²) in [7, 11) is 0. The van der Waals surface area contributed by atoms with E-state index in [9.17, 15) is 9.90 Å². The second-order valence-electron chi connectivity index (χ2n) is 8.32. The highest BCUT2D eigenvalue weighted by Gasteiger charge is 2.18. The smallest absolute Gasteiger partial charge is 0.248 e. The molecule has 7 heteroatoms. The Hall–Kier alpha value is -2.74. The Morgan fingerprint density at radius 1 is 1.16 bits per heavy atom. The molecule has 2 aromatic rings. The molecular weight excluding hydrogens is 404 g/mol. The minimum Gasteiger partial charge on any atom is -0.389 e. The summed E-state index contributed by atoms with van der Waals surface area (Å²) in [6.07, 6.45) is 5.66. The van der Waals surface area contributed by atoms with Gasteiger partial charge in [-0.2, -0.15) is 0 Å². The third-order valence-electron chi connectivity index (χ3n) is 5.25. The van der Waals surface area contributed by atoms with E-state index in [2.05, 4.69) is 20.1 Å². The standard InChI is InChI=1S/C25H34N4O3/c1-20(2)32-19-23(30)18-28-13-6-14-29(16-15-28)24-11-10-22(17-26-24)27-25(31)12-9-21-7-4-3-5-8-21/h3-5,7-12,17,20,23,30H,6,13-16,18-19H2,1-2H3,(H,27,31)/b12-9+/t23-/m1/s1. The Morgan fingerprint density at radius 3 is 2.69 bits per heavy atom. The Kier molecular flexibility index (Phi) is 9.22. The summed E-state index contributed by atoms with van der Waals surface area (Å²) < 4.78 is 5.51. The van der Waals surface area contributed by atoms with Crippen LogP contribution >= 0.6 is 0 Å². The van der Waals surface area contributed by atoms with Gasteiger partial charge >= 0.3 is 0 Å². The molecule has 3 rings (SSSR count). The van der Waals surface area contributed by atoms with Crippen LogP contribution < -0.4 is 10.2 Å². The zero-order chi connectivity index (χ0) is 22.8. The third-order valence-corrected chi connectivity index (χ3v) is 5.25. The van der Waals surface area contributed by atoms with Crippen molar-refractivity contribution in [2.24, 2.45) is 0 Å². The van der Waals surface area contributed by atoms with E-state index in [0.29, 0.717) is 18.8 Å². The Labute approximate surface area is 190 Å². The first kappa shape index (κ1) is 23.9. The van der Waals surface area contributed by atoms with Gasteiger partial charge < -0.3 is 20.1 Å². The number of β-amino-alcohol motifs (C(OH)–C–C–N with tert-alkyl or cyclic N) is 1. The molecule has 1 fully saturated rings. The summed E-state index contributed by atoms with van der Waals surface area (Å²) in [5, 5.41) is 13.0. The Morgan fingerprint density at radius 2 is 1.97 bits per heavy atom. The fourth-order valence-electron chi connectivity index (χ4n) is 3.60. The summed E-state index contributed by atoms with van der Waals surface area (Å²) in [6, 6.07) is 13.5. The second kappa shape index (κ2) is 12.3. The van der Waals surface area contributed by atoms with Gasteiger partial charge in [-0.25, -0.2) is 4.98 Å². The topological polar surface area (TPSA) is 77.9 Å². The Bertz CT molecular complexity index is 855. The van der Waals surface area contributed by atoms with E-state index in [4.69, 9.17) is 4.74 Å². The molecule has 1 atom stereocenters. The van der Waals surface area contributed by atoms with Crippen molar-refractivity contribution < 1.29 is 14.6 Å². The lowest BCUT2D eigenvalue weighted by atomic mass is 10.2. The molecule has 32 heavy (non-hydrogen) atoms. The average molecular weight is 439 g/mol. The van der Waals surface area contributed by atoms with Crippen molar-refractivity contribution in [3.05, 3.63) is 60.3 Å². The fourth-order valence-corrected chi connectivity index (χ4v) is 3.60. The number of aliphatic hydroxyl groups is 1. The molecular formula is C25H34N4O3. The van der Waals surface area contributed by atoms with Crippen LogP contribution in [0.4, 0.5) is 11.5 Å². The molecule has 1 aliphatic heterocycles. The lowest BCUT2D eigenvalue weighted by Crippen LogP contribution is -2.38. The lowest BCUT2D eigenvalue weighted by Gasteiger charge is -2.24. The van der Waals surface area contributed by atoms with Gasteiger partial charge in [0.1, 0.15) is 5.82 Å². The van der Waals surface area contributed by atoms with E-state index in [1.165, 1.54) is 6.08 Å². The van der Waals surface area contributed by atoms with Crippen molar-refractivity contribution in [2.45, 2.75) is 32.5 Å². The molecule has 1 amide bonds. The van der Waals surface area contributed by atoms with E-state index in [1.807, 2.05) is 56.3 Å². The van der Waals surface area contributed by atoms with Crippen LogP contribution in [0.3, 0.4) is 0 Å². The molecule has 1 aliphatic rings. The minimum atomic E-state index is -0.471. The molecule has 1 aromatic heterocycles. The summed E-state index contributed by atoms with van der Waals surface area (Å²) in [5.74, 6) is 0.710. The normalized spacial score (nSPS) is 16.3. The van der Waals surface area contributed by atoms with Crippen molar-refractivity contribution in [3.63, 3.8) is 0 Å². The second-order valence-corrected chi connectivity index (χ2v) is 8.32. The highest BCUT2D eigenvalue weighted by Crippen LogP contribution is 2.17. The number of ether oxygens (including phenoxy) is 1. The number of nitrogens with zero attached hydrogens (tertiary/aromatic N) is 3. The number of carbonyl (C=O) groups is 1. The predicted molar refractivity (Wildman–Crippen MR) is 129 cm³/mol. The zero-order valence-corrected chi connectivity index (χ0v) is 19.0. The molecule has 0 aliphatic carbocycles. The molecule has 2 heterocycles. The number of benzene rings is 1. The maximum atomic E-state index is 12.2. The van der Waals surface area contributed by atoms with E-state index in [-0.39, 0.29) is 12.0 Å². The van der Waals surface area contributed by atoms with Gasteiger partial charge in [0, 0.05) is 32.3 Å². The van der Waals surface area contributed by atoms with Crippen LogP contribution in [0.1, 0.15) is 25.8 Å². The SMILES string of the molecule is CC(C)OC[C@H](O)CN1CCCN(c2ccc(NC(=O)/C=C/c3ccccc3)cn2)CC1. The lowest BCUT2D eigenvalue weighted by molar-refractivity contribution is -0.111. The summed E-state index contributed by atoms with van der Waals surface area (Å²) in [5.41, 5.74) is 1.65. The summed E-state index contributed by atoms with van der Waals surface area (Å²) in [4.78, 5) is 21.2. The van der Waals surface area contributed by atoms with E-state index < -0.39 is 6.10 Å². The number of aromatic nitrogens is 1. The summed E-state index contributed by atoms with van der Waals surface area (Å²) >= 11 is 0. The molecule has 2 N–H and O–H groups in total. The maximum Gasteiger partial charge on any atom is 0.248 e. The van der Waals surface area contributed by atoms with Crippen molar-refractivity contribution >= 4 is 23.5 Å². The molecule has 0 bridgehead atoms. The van der Waals surface area contributed by atoms with Crippen molar-refractivity contribution in [1.82, 2.24) is 9.88 Å². The minimum absolute atomic E-state index is 0.128. The van der Waals surface area contributed by atoms with Gasteiger partial charge in [0.2, 0.25) is 5.91 Å². The van der Waals surface area contributed by atoms with Gasteiger partial charge in [-0.1, -0.05) is 30.3 Å². The van der Waals surface area contributed by atoms with Gasteiger partial charge in [-0.3, -0.25) is 9.69 Å². The predicted octanol–water partition coefficient (Wildman–Crippen LogP) is 3.03. The number of pyridine rings is 1. The molecule has 1 saturated heterocycles. The van der Waals surface area contributed by atoms with Gasteiger partial charge in [-0.05, 0) is 50.6 Å². The number of hydrogen-bond donors (Lipinski definition) is 2. The van der Waals surface area contributed by atoms with Crippen LogP contribution in [-0.4, -0.2) is 72.4 Å². The molecule has 172 valence electrons. The number of hydrogen-bond acceptors (Lipinski definition) is 6. The highest BCUT2D eigenvalue weighted by atomic mass is 16.5. The van der Waals surface area contributed by atoms with Crippen LogP contribution in [0.25, 0.3) is 6.08 Å². The van der Waals surface area contributed by atoms with Crippen LogP contribution in [0, 0.1) is 0 Å². The van der Waals surface area contributed by atoms with Crippen LogP contribution in [-0.2, 0) is 9.53 Å². The first-order valence-corrected chi connectivity index (χ1v) is 11.3. The fraction of sp³-hybridized carbons (Fsp3) is 0.440. The van der Waals surface area contributed by atoms with Crippen molar-refractivity contribution in [3.8, 4) is 0 Å². The number of rotatable bonds is 9. The van der Waals surface area contributed by atoms with Crippen molar-refractivity contribution in [1.29, 1.82) is 0 Å². The quantitative estimate of drug-likeness (QED) is 0.586. The van der Waals surface area contributed by atoms with Gasteiger partial charge in [-0.15, -0.1) is 0 Å². The van der Waals surface area contributed by atoms with E-state index in [0.717, 1.165) is 44.0 Å². The monoisotopic (exact) mass is 438 g/mol. The van der Waals surface area contributed by atoms with Crippen LogP contribution in [0.2, 0.25) is 0 Å². The van der Waals surface area contributed by atoms with Crippen LogP contribution in [0.5, 0.6) is 0 Å².